The molecule has 0 aliphatic heterocycles. The minimum absolute atomic E-state index is 0.0973. The van der Waals surface area contributed by atoms with E-state index in [1.165, 1.54) is 12.7 Å². The lowest BCUT2D eigenvalue weighted by Crippen LogP contribution is -2.25. The van der Waals surface area contributed by atoms with Crippen molar-refractivity contribution in [3.8, 4) is 0 Å². The zero-order chi connectivity index (χ0) is 20.7. The molecular formula is C27H23NO2. The highest BCUT2D eigenvalue weighted by Crippen LogP contribution is 2.47. The number of nitrogens with zero attached hydrogens (tertiary/aromatic N) is 1. The number of allylic oxidation sites excluding steroid dienone is 1. The Labute approximate surface area is 176 Å². The molecule has 148 valence electrons. The number of pyridine rings is 1. The molecule has 0 fully saturated rings. The number of rotatable bonds is 3. The Bertz CT molecular complexity index is 1250. The largest absolute Gasteiger partial charge is 0.469 e. The fraction of sp³-hybridized carbons (Fsp3) is 0.148. The lowest BCUT2D eigenvalue weighted by molar-refractivity contribution is -0.142. The van der Waals surface area contributed by atoms with E-state index in [9.17, 15) is 4.79 Å². The lowest BCUT2D eigenvalue weighted by Gasteiger charge is -2.30. The van der Waals surface area contributed by atoms with Crippen molar-refractivity contribution in [2.24, 2.45) is 0 Å². The summed E-state index contributed by atoms with van der Waals surface area (Å²) < 4.78 is 7.47. The Balaban J connectivity index is 1.83. The molecule has 4 aromatic rings. The van der Waals surface area contributed by atoms with E-state index in [0.29, 0.717) is 0 Å². The van der Waals surface area contributed by atoms with Crippen LogP contribution in [-0.2, 0) is 9.53 Å². The predicted octanol–water partition coefficient (Wildman–Crippen LogP) is 5.73. The Kier molecular flexibility index (Phi) is 4.51. The standard InChI is InChI=1S/C27H23NO2/c1-18-13-14-28-21(15-18)16-24-25(27(29)30-2)22(19-9-5-3-6-10-19)17-23(26(24)28)20-11-7-4-8-12-20/h3-17,22,25H,1-2H3/t22-,25-/m1/s1. The third-order valence-electron chi connectivity index (χ3n) is 5.98. The number of hydrogen-bond acceptors (Lipinski definition) is 2. The number of benzene rings is 2. The molecular weight excluding hydrogens is 370 g/mol. The number of aryl methyl sites for hydroxylation is 1. The molecule has 0 radical (unpaired) electrons. The highest BCUT2D eigenvalue weighted by Gasteiger charge is 2.38. The summed E-state index contributed by atoms with van der Waals surface area (Å²) >= 11 is 0. The quantitative estimate of drug-likeness (QED) is 0.416. The maximum atomic E-state index is 13.0. The molecule has 2 aromatic carbocycles. The van der Waals surface area contributed by atoms with Crippen LogP contribution in [-0.4, -0.2) is 17.5 Å². The van der Waals surface area contributed by atoms with Gasteiger partial charge in [-0.05, 0) is 47.4 Å². The van der Waals surface area contributed by atoms with Crippen LogP contribution in [0.25, 0.3) is 11.1 Å². The molecule has 1 aliphatic rings. The summed E-state index contributed by atoms with van der Waals surface area (Å²) in [6.45, 7) is 2.09. The van der Waals surface area contributed by atoms with Gasteiger partial charge in [-0.25, -0.2) is 0 Å². The average Bonchev–Trinajstić information content (AvgIpc) is 3.16. The average molecular weight is 393 g/mol. The van der Waals surface area contributed by atoms with Crippen LogP contribution >= 0.6 is 0 Å². The number of esters is 1. The molecule has 0 unspecified atom stereocenters. The van der Waals surface area contributed by atoms with Gasteiger partial charge in [0.05, 0.1) is 18.7 Å². The van der Waals surface area contributed by atoms with E-state index in [2.05, 4.69) is 78.2 Å². The van der Waals surface area contributed by atoms with Crippen LogP contribution in [0.4, 0.5) is 0 Å². The van der Waals surface area contributed by atoms with Crippen molar-refractivity contribution in [3.63, 3.8) is 0 Å². The topological polar surface area (TPSA) is 30.7 Å². The summed E-state index contributed by atoms with van der Waals surface area (Å²) in [5.74, 6) is -0.693. The zero-order valence-corrected chi connectivity index (χ0v) is 17.1. The minimum atomic E-state index is -0.389. The van der Waals surface area contributed by atoms with Gasteiger partial charge >= 0.3 is 5.97 Å². The zero-order valence-electron chi connectivity index (χ0n) is 17.1. The van der Waals surface area contributed by atoms with Gasteiger partial charge in [-0.2, -0.15) is 0 Å². The van der Waals surface area contributed by atoms with Crippen molar-refractivity contribution in [1.29, 1.82) is 0 Å². The summed E-state index contributed by atoms with van der Waals surface area (Å²) in [7, 11) is 1.47. The number of hydrogen-bond donors (Lipinski definition) is 0. The third kappa shape index (κ3) is 2.94. The number of fused-ring (bicyclic) bond motifs is 3. The SMILES string of the molecule is COC(=O)[C@H]1c2cc3cc(C)ccn3c2C(c2ccccc2)=C[C@@H]1c1ccccc1. The fourth-order valence-electron chi connectivity index (χ4n) is 4.60. The number of ether oxygens (including phenoxy) is 1. The van der Waals surface area contributed by atoms with Crippen molar-refractivity contribution < 1.29 is 9.53 Å². The van der Waals surface area contributed by atoms with E-state index in [1.807, 2.05) is 24.3 Å². The second-order valence-electron chi connectivity index (χ2n) is 7.83. The molecule has 2 aromatic heterocycles. The van der Waals surface area contributed by atoms with Gasteiger partial charge in [0.25, 0.3) is 0 Å². The number of aromatic nitrogens is 1. The summed E-state index contributed by atoms with van der Waals surface area (Å²) in [4.78, 5) is 13.0. The number of carbonyl (C=O) groups is 1. The van der Waals surface area contributed by atoms with Crippen LogP contribution in [0.2, 0.25) is 0 Å². The number of methoxy groups -OCH3 is 1. The van der Waals surface area contributed by atoms with Gasteiger partial charge in [0.15, 0.2) is 0 Å². The minimum Gasteiger partial charge on any atom is -0.469 e. The first-order valence-electron chi connectivity index (χ1n) is 10.2. The molecule has 30 heavy (non-hydrogen) atoms. The Morgan fingerprint density at radius 1 is 0.933 bits per heavy atom. The van der Waals surface area contributed by atoms with E-state index >= 15 is 0 Å². The molecule has 0 bridgehead atoms. The monoisotopic (exact) mass is 393 g/mol. The maximum Gasteiger partial charge on any atom is 0.314 e. The summed E-state index contributed by atoms with van der Waals surface area (Å²) in [6.07, 6.45) is 4.33. The smallest absolute Gasteiger partial charge is 0.314 e. The normalized spacial score (nSPS) is 18.0. The summed E-state index contributed by atoms with van der Waals surface area (Å²) in [5.41, 5.74) is 7.76. The molecule has 1 aliphatic carbocycles. The second-order valence-corrected chi connectivity index (χ2v) is 7.83. The highest BCUT2D eigenvalue weighted by molar-refractivity contribution is 5.91. The van der Waals surface area contributed by atoms with Gasteiger partial charge in [0.1, 0.15) is 0 Å². The first kappa shape index (κ1) is 18.4. The first-order valence-corrected chi connectivity index (χ1v) is 10.2. The predicted molar refractivity (Wildman–Crippen MR) is 120 cm³/mol. The Morgan fingerprint density at radius 3 is 2.33 bits per heavy atom. The molecule has 3 nitrogen and oxygen atoms in total. The molecule has 0 amide bonds. The van der Waals surface area contributed by atoms with E-state index in [0.717, 1.165) is 33.5 Å². The molecule has 2 atom stereocenters. The molecule has 0 N–H and O–H groups in total. The van der Waals surface area contributed by atoms with Crippen LogP contribution in [0.5, 0.6) is 0 Å². The van der Waals surface area contributed by atoms with Crippen LogP contribution in [0, 0.1) is 6.92 Å². The van der Waals surface area contributed by atoms with Crippen LogP contribution in [0.15, 0.2) is 91.1 Å². The van der Waals surface area contributed by atoms with Gasteiger partial charge in [0.2, 0.25) is 0 Å². The van der Waals surface area contributed by atoms with Gasteiger partial charge < -0.3 is 9.14 Å². The van der Waals surface area contributed by atoms with Crippen molar-refractivity contribution >= 4 is 17.1 Å². The van der Waals surface area contributed by atoms with E-state index in [4.69, 9.17) is 4.74 Å². The van der Waals surface area contributed by atoms with Crippen LogP contribution < -0.4 is 0 Å². The van der Waals surface area contributed by atoms with Gasteiger partial charge in [0, 0.05) is 23.2 Å². The van der Waals surface area contributed by atoms with Crippen LogP contribution in [0.3, 0.4) is 0 Å². The van der Waals surface area contributed by atoms with Crippen LogP contribution in [0.1, 0.15) is 39.8 Å². The molecule has 0 saturated heterocycles. The van der Waals surface area contributed by atoms with Gasteiger partial charge in [-0.3, -0.25) is 4.79 Å². The maximum absolute atomic E-state index is 13.0. The van der Waals surface area contributed by atoms with Crippen molar-refractivity contribution in [3.05, 3.63) is 119 Å². The molecule has 3 heteroatoms. The second kappa shape index (κ2) is 7.34. The first-order chi connectivity index (χ1) is 14.7. The third-order valence-corrected chi connectivity index (χ3v) is 5.98. The van der Waals surface area contributed by atoms with Gasteiger partial charge in [-0.1, -0.05) is 66.7 Å². The molecule has 2 heterocycles. The van der Waals surface area contributed by atoms with Crippen molar-refractivity contribution in [2.45, 2.75) is 18.8 Å². The van der Waals surface area contributed by atoms with E-state index in [1.54, 1.807) is 0 Å². The van der Waals surface area contributed by atoms with Gasteiger partial charge in [-0.15, -0.1) is 0 Å². The molecule has 0 spiro atoms. The lowest BCUT2D eigenvalue weighted by atomic mass is 9.74. The van der Waals surface area contributed by atoms with Crippen molar-refractivity contribution in [1.82, 2.24) is 4.40 Å². The molecule has 0 saturated carbocycles. The Morgan fingerprint density at radius 2 is 1.63 bits per heavy atom. The van der Waals surface area contributed by atoms with E-state index in [-0.39, 0.29) is 17.8 Å². The Hall–Kier alpha value is -3.59. The summed E-state index contributed by atoms with van der Waals surface area (Å²) in [6, 6.07) is 27.0. The van der Waals surface area contributed by atoms with Crippen molar-refractivity contribution in [2.75, 3.05) is 7.11 Å². The van der Waals surface area contributed by atoms with E-state index < -0.39 is 0 Å². The summed E-state index contributed by atoms with van der Waals surface area (Å²) in [5, 5.41) is 0. The number of carbonyl (C=O) groups excluding carboxylic acids is 1. The highest BCUT2D eigenvalue weighted by atomic mass is 16.5. The fourth-order valence-corrected chi connectivity index (χ4v) is 4.60. The molecule has 5 rings (SSSR count).